The van der Waals surface area contributed by atoms with Gasteiger partial charge in [0, 0.05) is 0 Å². The summed E-state index contributed by atoms with van der Waals surface area (Å²) in [5.74, 6) is -0.538. The highest BCUT2D eigenvalue weighted by Crippen LogP contribution is 2.47. The van der Waals surface area contributed by atoms with Gasteiger partial charge in [-0.05, 0) is 0 Å². The molecule has 5 N–H and O–H groups in total. The highest BCUT2D eigenvalue weighted by Gasteiger charge is 2.51. The number of carbonyl (C=O) groups is 1. The van der Waals surface area contributed by atoms with E-state index in [1.165, 1.54) is 0 Å². The van der Waals surface area contributed by atoms with Gasteiger partial charge in [-0.15, -0.1) is 0 Å². The van der Waals surface area contributed by atoms with E-state index in [0.29, 0.717) is 0 Å². The van der Waals surface area contributed by atoms with Crippen LogP contribution >= 0.6 is 7.82 Å². The number of aromatic nitrogens is 2. The number of phosphoric ester groups is 1. The molecular formula is C10H11N5O7P-. The minimum Gasteiger partial charge on any atom is -0.756 e. The van der Waals surface area contributed by atoms with Crippen LogP contribution in [0, 0.1) is 0 Å². The lowest BCUT2D eigenvalue weighted by Gasteiger charge is -2.46. The van der Waals surface area contributed by atoms with Crippen LogP contribution in [0.25, 0.3) is 0 Å². The minimum absolute atomic E-state index is 0.00761. The van der Waals surface area contributed by atoms with Gasteiger partial charge in [0.2, 0.25) is 5.95 Å². The predicted molar refractivity (Wildman–Crippen MR) is 72.4 cm³/mol. The summed E-state index contributed by atoms with van der Waals surface area (Å²) in [6.07, 6.45) is -3.10. The summed E-state index contributed by atoms with van der Waals surface area (Å²) in [7, 11) is -4.54. The summed E-state index contributed by atoms with van der Waals surface area (Å²) in [5.41, 5.74) is 4.90. The first-order valence-corrected chi connectivity index (χ1v) is 8.06. The highest BCUT2D eigenvalue weighted by molar-refractivity contribution is 7.46. The van der Waals surface area contributed by atoms with E-state index in [2.05, 4.69) is 25.1 Å². The molecule has 13 heteroatoms. The minimum atomic E-state index is -4.54. The molecule has 0 bridgehead atoms. The van der Waals surface area contributed by atoms with Crippen molar-refractivity contribution in [2.24, 2.45) is 0 Å². The Morgan fingerprint density at radius 3 is 2.91 bits per heavy atom. The third-order valence-electron chi connectivity index (χ3n) is 3.70. The van der Waals surface area contributed by atoms with Gasteiger partial charge in [-0.1, -0.05) is 0 Å². The van der Waals surface area contributed by atoms with Crippen LogP contribution < -0.4 is 26.8 Å². The first kappa shape index (κ1) is 14.6. The molecule has 0 saturated carbocycles. The van der Waals surface area contributed by atoms with Crippen molar-refractivity contribution in [2.75, 3.05) is 23.0 Å². The molecule has 3 aliphatic rings. The van der Waals surface area contributed by atoms with Crippen molar-refractivity contribution in [3.63, 3.8) is 0 Å². The highest BCUT2D eigenvalue weighted by atomic mass is 31.2. The van der Waals surface area contributed by atoms with Gasteiger partial charge in [-0.2, -0.15) is 4.98 Å². The molecule has 0 spiro atoms. The van der Waals surface area contributed by atoms with Gasteiger partial charge in [0.1, 0.15) is 17.8 Å². The Bertz CT molecular complexity index is 796. The topological polar surface area (TPSA) is 181 Å². The average Bonchev–Trinajstić information content (AvgIpc) is 2.46. The molecule has 0 aliphatic carbocycles. The second kappa shape index (κ2) is 4.76. The first-order chi connectivity index (χ1) is 10.8. The monoisotopic (exact) mass is 344 g/mol. The van der Waals surface area contributed by atoms with Crippen molar-refractivity contribution in [1.82, 2.24) is 9.97 Å². The fourth-order valence-electron chi connectivity index (χ4n) is 2.71. The summed E-state index contributed by atoms with van der Waals surface area (Å²) in [6.45, 7) is -0.333. The SMILES string of the molecule is Nc1nc2c(c(=O)[nH]1)NC1C(=O)C3OP(=O)([O-])OCC3OC1N2. The zero-order chi connectivity index (χ0) is 16.4. The molecule has 1 aromatic rings. The third kappa shape index (κ3) is 2.31. The first-order valence-electron chi connectivity index (χ1n) is 6.60. The van der Waals surface area contributed by atoms with Crippen LogP contribution in [-0.2, 0) is 23.1 Å². The summed E-state index contributed by atoms with van der Waals surface area (Å²) < 4.78 is 26.2. The van der Waals surface area contributed by atoms with Crippen molar-refractivity contribution in [3.8, 4) is 0 Å². The Morgan fingerprint density at radius 2 is 2.13 bits per heavy atom. The van der Waals surface area contributed by atoms with E-state index in [1.807, 2.05) is 0 Å². The van der Waals surface area contributed by atoms with Gasteiger partial charge in [-0.25, -0.2) is 0 Å². The van der Waals surface area contributed by atoms with Gasteiger partial charge in [0.25, 0.3) is 13.4 Å². The smallest absolute Gasteiger partial charge is 0.277 e. The Labute approximate surface area is 127 Å². The maximum absolute atomic E-state index is 12.5. The Morgan fingerprint density at radius 1 is 1.35 bits per heavy atom. The molecule has 4 rings (SSSR count). The number of anilines is 3. The molecular weight excluding hydrogens is 333 g/mol. The van der Waals surface area contributed by atoms with E-state index >= 15 is 0 Å². The van der Waals surface area contributed by atoms with Crippen LogP contribution in [0.15, 0.2) is 4.79 Å². The molecule has 124 valence electrons. The largest absolute Gasteiger partial charge is 0.756 e. The quantitative estimate of drug-likeness (QED) is 0.373. The van der Waals surface area contributed by atoms with Crippen LogP contribution in [0.2, 0.25) is 0 Å². The lowest BCUT2D eigenvalue weighted by Crippen LogP contribution is -2.64. The normalized spacial score (nSPS) is 38.6. The number of nitrogens with zero attached hydrogens (tertiary/aromatic N) is 1. The number of H-pyrrole nitrogens is 1. The van der Waals surface area contributed by atoms with E-state index in [9.17, 15) is 19.0 Å². The molecule has 12 nitrogen and oxygen atoms in total. The number of aromatic amines is 1. The summed E-state index contributed by atoms with van der Waals surface area (Å²) in [4.78, 5) is 41.9. The van der Waals surface area contributed by atoms with Gasteiger partial charge in [-0.3, -0.25) is 19.1 Å². The lowest BCUT2D eigenvalue weighted by molar-refractivity contribution is -0.254. The van der Waals surface area contributed by atoms with Gasteiger partial charge >= 0.3 is 0 Å². The zero-order valence-electron chi connectivity index (χ0n) is 11.3. The standard InChI is InChI=1S/C10H12N5O7P/c11-10-14-7-4(8(17)15-10)12-3-5(16)6-2(21-9(3)13-7)1-20-23(18,19)22-6/h2-3,6,9,12H,1H2,(H,18,19)(H4,11,13,14,15,17)/p-1. The van der Waals surface area contributed by atoms with Crippen molar-refractivity contribution in [3.05, 3.63) is 10.4 Å². The molecule has 2 saturated heterocycles. The number of nitrogens with one attached hydrogen (secondary N) is 3. The van der Waals surface area contributed by atoms with Crippen molar-refractivity contribution in [2.45, 2.75) is 24.5 Å². The van der Waals surface area contributed by atoms with Crippen LogP contribution in [0.3, 0.4) is 0 Å². The Hall–Kier alpha value is -1.98. The fraction of sp³-hybridized carbons (Fsp3) is 0.500. The van der Waals surface area contributed by atoms with E-state index in [0.717, 1.165) is 0 Å². The second-order valence-electron chi connectivity index (χ2n) is 5.21. The average molecular weight is 344 g/mol. The zero-order valence-corrected chi connectivity index (χ0v) is 12.2. The van der Waals surface area contributed by atoms with E-state index in [4.69, 9.17) is 15.0 Å². The maximum atomic E-state index is 12.5. The molecule has 5 atom stereocenters. The summed E-state index contributed by atoms with van der Waals surface area (Å²) in [5, 5.41) is 5.48. The van der Waals surface area contributed by atoms with Crippen molar-refractivity contribution >= 4 is 31.1 Å². The van der Waals surface area contributed by atoms with Crippen molar-refractivity contribution < 1.29 is 28.0 Å². The predicted octanol–water partition coefficient (Wildman–Crippen LogP) is -2.26. The van der Waals surface area contributed by atoms with Crippen LogP contribution in [0.4, 0.5) is 17.5 Å². The molecule has 0 aromatic carbocycles. The number of rotatable bonds is 0. The molecule has 2 fully saturated rings. The number of nitrogens with two attached hydrogens (primary N) is 1. The van der Waals surface area contributed by atoms with Crippen LogP contribution in [0.5, 0.6) is 0 Å². The van der Waals surface area contributed by atoms with Crippen LogP contribution in [0.1, 0.15) is 0 Å². The van der Waals surface area contributed by atoms with Gasteiger partial charge < -0.3 is 35.0 Å². The number of Topliss-reactive ketones (excluding diaryl/α,β-unsaturated/α-hetero) is 1. The van der Waals surface area contributed by atoms with Crippen LogP contribution in [-0.4, -0.2) is 46.8 Å². The van der Waals surface area contributed by atoms with Crippen molar-refractivity contribution in [1.29, 1.82) is 0 Å². The number of hydrogen-bond acceptors (Lipinski definition) is 11. The number of fused-ring (bicyclic) bond motifs is 3. The van der Waals surface area contributed by atoms with Gasteiger partial charge in [0.05, 0.1) is 6.61 Å². The third-order valence-corrected chi connectivity index (χ3v) is 4.66. The molecule has 5 unspecified atom stereocenters. The number of carbonyl (C=O) groups excluding carboxylic acids is 1. The van der Waals surface area contributed by atoms with E-state index < -0.39 is 43.6 Å². The Kier molecular flexibility index (Phi) is 3.02. The second-order valence-corrected chi connectivity index (χ2v) is 6.57. The number of hydrogen-bond donors (Lipinski definition) is 4. The summed E-state index contributed by atoms with van der Waals surface area (Å²) >= 11 is 0. The number of ketones is 1. The number of nitrogen functional groups attached to an aromatic ring is 1. The number of ether oxygens (including phenoxy) is 1. The van der Waals surface area contributed by atoms with Gasteiger partial charge in [0.15, 0.2) is 23.9 Å². The molecule has 0 amide bonds. The molecule has 23 heavy (non-hydrogen) atoms. The number of phosphoric acid groups is 1. The maximum Gasteiger partial charge on any atom is 0.277 e. The van der Waals surface area contributed by atoms with E-state index in [1.54, 1.807) is 0 Å². The summed E-state index contributed by atoms with van der Waals surface area (Å²) in [6, 6.07) is -1.02. The Balaban J connectivity index is 1.68. The molecule has 0 radical (unpaired) electrons. The molecule has 4 heterocycles. The lowest BCUT2D eigenvalue weighted by atomic mass is 9.96. The van der Waals surface area contributed by atoms with E-state index in [-0.39, 0.29) is 24.1 Å². The fourth-order valence-corrected chi connectivity index (χ4v) is 3.62. The molecule has 3 aliphatic heterocycles. The molecule has 1 aromatic heterocycles.